The fourth-order valence-corrected chi connectivity index (χ4v) is 2.17. The van der Waals surface area contributed by atoms with Gasteiger partial charge in [-0.3, -0.25) is 0 Å². The predicted molar refractivity (Wildman–Crippen MR) is 75.9 cm³/mol. The molecule has 2 aromatic carbocycles. The van der Waals surface area contributed by atoms with Crippen LogP contribution in [-0.4, -0.2) is 4.57 Å². The molecule has 0 fully saturated rings. The van der Waals surface area contributed by atoms with E-state index in [4.69, 9.17) is 0 Å². The molecule has 0 aliphatic heterocycles. The van der Waals surface area contributed by atoms with Crippen LogP contribution in [0.2, 0.25) is 0 Å². The Bertz CT molecular complexity index is 618. The van der Waals surface area contributed by atoms with Crippen LogP contribution in [0.15, 0.2) is 66.9 Å². The van der Waals surface area contributed by atoms with Gasteiger partial charge in [-0.25, -0.2) is 4.39 Å². The highest BCUT2D eigenvalue weighted by Gasteiger charge is 2.05. The molecule has 1 aromatic heterocycles. The first kappa shape index (κ1) is 11.7. The molecule has 0 amide bonds. The smallest absolute Gasteiger partial charge is 0.123 e. The number of rotatable bonds is 2. The minimum absolute atomic E-state index is 0.211. The Kier molecular flexibility index (Phi) is 2.92. The van der Waals surface area contributed by atoms with Gasteiger partial charge in [0.2, 0.25) is 0 Å². The van der Waals surface area contributed by atoms with Crippen LogP contribution in [0.4, 0.5) is 4.39 Å². The first-order chi connectivity index (χ1) is 9.24. The summed E-state index contributed by atoms with van der Waals surface area (Å²) >= 11 is 0. The van der Waals surface area contributed by atoms with Gasteiger partial charge in [-0.1, -0.05) is 17.7 Å². The molecule has 0 bridgehead atoms. The molecule has 0 atom stereocenters. The predicted octanol–water partition coefficient (Wildman–Crippen LogP) is 4.59. The van der Waals surface area contributed by atoms with Crippen molar-refractivity contribution < 1.29 is 4.39 Å². The van der Waals surface area contributed by atoms with E-state index in [1.165, 1.54) is 17.7 Å². The van der Waals surface area contributed by atoms with Crippen molar-refractivity contribution in [2.45, 2.75) is 6.92 Å². The van der Waals surface area contributed by atoms with Gasteiger partial charge in [-0.15, -0.1) is 0 Å². The Hall–Kier alpha value is -2.35. The zero-order valence-electron chi connectivity index (χ0n) is 10.7. The number of aromatic nitrogens is 1. The first-order valence-corrected chi connectivity index (χ1v) is 6.24. The van der Waals surface area contributed by atoms with Crippen molar-refractivity contribution in [1.82, 2.24) is 4.57 Å². The van der Waals surface area contributed by atoms with Gasteiger partial charge >= 0.3 is 0 Å². The van der Waals surface area contributed by atoms with Crippen LogP contribution in [-0.2, 0) is 0 Å². The highest BCUT2D eigenvalue weighted by Crippen LogP contribution is 2.24. The zero-order chi connectivity index (χ0) is 13.2. The van der Waals surface area contributed by atoms with Crippen LogP contribution in [0.1, 0.15) is 5.56 Å². The Balaban J connectivity index is 2.07. The Morgan fingerprint density at radius 2 is 1.53 bits per heavy atom. The van der Waals surface area contributed by atoms with Crippen LogP contribution in [0.3, 0.4) is 0 Å². The average Bonchev–Trinajstić information content (AvgIpc) is 2.90. The maximum Gasteiger partial charge on any atom is 0.123 e. The molecule has 0 unspecified atom stereocenters. The van der Waals surface area contributed by atoms with Crippen LogP contribution in [0, 0.1) is 12.7 Å². The summed E-state index contributed by atoms with van der Waals surface area (Å²) in [4.78, 5) is 0. The van der Waals surface area contributed by atoms with Gasteiger partial charge in [0.05, 0.1) is 5.69 Å². The van der Waals surface area contributed by atoms with Crippen LogP contribution < -0.4 is 0 Å². The third-order valence-electron chi connectivity index (χ3n) is 3.20. The van der Waals surface area contributed by atoms with Crippen molar-refractivity contribution in [2.75, 3.05) is 0 Å². The average molecular weight is 251 g/mol. The molecular weight excluding hydrogens is 237 g/mol. The minimum Gasteiger partial charge on any atom is -0.317 e. The van der Waals surface area contributed by atoms with Crippen LogP contribution in [0.5, 0.6) is 0 Å². The van der Waals surface area contributed by atoms with E-state index in [1.807, 2.05) is 18.3 Å². The first-order valence-electron chi connectivity index (χ1n) is 6.24. The maximum atomic E-state index is 13.0. The zero-order valence-corrected chi connectivity index (χ0v) is 10.7. The Labute approximate surface area is 111 Å². The largest absolute Gasteiger partial charge is 0.317 e. The SMILES string of the molecule is Cc1ccc(-n2cccc2-c2ccc(F)cc2)cc1. The van der Waals surface area contributed by atoms with Crippen LogP contribution >= 0.6 is 0 Å². The molecule has 0 radical (unpaired) electrons. The highest BCUT2D eigenvalue weighted by molar-refractivity contribution is 5.63. The van der Waals surface area contributed by atoms with Gasteiger partial charge < -0.3 is 4.57 Å². The number of hydrogen-bond acceptors (Lipinski definition) is 0. The molecule has 19 heavy (non-hydrogen) atoms. The fraction of sp³-hybridized carbons (Fsp3) is 0.0588. The third kappa shape index (κ3) is 2.29. The lowest BCUT2D eigenvalue weighted by molar-refractivity contribution is 0.628. The van der Waals surface area contributed by atoms with E-state index in [0.29, 0.717) is 0 Å². The van der Waals surface area contributed by atoms with Gasteiger partial charge in [0.25, 0.3) is 0 Å². The van der Waals surface area contributed by atoms with Crippen molar-refractivity contribution >= 4 is 0 Å². The topological polar surface area (TPSA) is 4.93 Å². The van der Waals surface area contributed by atoms with Gasteiger partial charge in [0.1, 0.15) is 5.82 Å². The van der Waals surface area contributed by atoms with E-state index in [9.17, 15) is 4.39 Å². The molecule has 0 saturated carbocycles. The van der Waals surface area contributed by atoms with E-state index in [2.05, 4.69) is 35.8 Å². The van der Waals surface area contributed by atoms with E-state index in [0.717, 1.165) is 16.9 Å². The van der Waals surface area contributed by atoms with Crippen molar-refractivity contribution in [3.63, 3.8) is 0 Å². The van der Waals surface area contributed by atoms with Gasteiger partial charge in [-0.2, -0.15) is 0 Å². The molecule has 1 nitrogen and oxygen atoms in total. The van der Waals surface area contributed by atoms with Crippen molar-refractivity contribution in [2.24, 2.45) is 0 Å². The molecule has 0 aliphatic rings. The summed E-state index contributed by atoms with van der Waals surface area (Å²) in [6.45, 7) is 2.07. The monoisotopic (exact) mass is 251 g/mol. The quantitative estimate of drug-likeness (QED) is 0.627. The number of hydrogen-bond donors (Lipinski definition) is 0. The summed E-state index contributed by atoms with van der Waals surface area (Å²) in [7, 11) is 0. The van der Waals surface area contributed by atoms with Crippen molar-refractivity contribution in [3.8, 4) is 16.9 Å². The molecular formula is C17H14FN. The molecule has 2 heteroatoms. The Morgan fingerprint density at radius 3 is 2.21 bits per heavy atom. The van der Waals surface area contributed by atoms with Gasteiger partial charge in [-0.05, 0) is 61.0 Å². The molecule has 0 aliphatic carbocycles. The van der Waals surface area contributed by atoms with Gasteiger partial charge in [0, 0.05) is 11.9 Å². The summed E-state index contributed by atoms with van der Waals surface area (Å²) in [5, 5.41) is 0. The highest BCUT2D eigenvalue weighted by atomic mass is 19.1. The molecule has 0 spiro atoms. The molecule has 3 aromatic rings. The molecule has 0 saturated heterocycles. The summed E-state index contributed by atoms with van der Waals surface area (Å²) in [5.41, 5.74) is 4.41. The van der Waals surface area contributed by atoms with Gasteiger partial charge in [0.15, 0.2) is 0 Å². The standard InChI is InChI=1S/C17H14FN/c1-13-4-10-16(11-5-13)19-12-2-3-17(19)14-6-8-15(18)9-7-14/h2-12H,1H3. The van der Waals surface area contributed by atoms with E-state index in [1.54, 1.807) is 12.1 Å². The number of benzene rings is 2. The normalized spacial score (nSPS) is 10.6. The second kappa shape index (κ2) is 4.73. The third-order valence-corrected chi connectivity index (χ3v) is 3.20. The number of halogens is 1. The second-order valence-corrected chi connectivity index (χ2v) is 4.61. The minimum atomic E-state index is -0.211. The lowest BCUT2D eigenvalue weighted by atomic mass is 10.1. The molecule has 94 valence electrons. The summed E-state index contributed by atoms with van der Waals surface area (Å²) < 4.78 is 15.1. The van der Waals surface area contributed by atoms with E-state index >= 15 is 0 Å². The summed E-state index contributed by atoms with van der Waals surface area (Å²) in [6, 6.07) is 19.0. The lowest BCUT2D eigenvalue weighted by Gasteiger charge is -2.10. The lowest BCUT2D eigenvalue weighted by Crippen LogP contribution is -1.95. The van der Waals surface area contributed by atoms with Crippen molar-refractivity contribution in [1.29, 1.82) is 0 Å². The fourth-order valence-electron chi connectivity index (χ4n) is 2.17. The number of nitrogens with zero attached hydrogens (tertiary/aromatic N) is 1. The molecule has 0 N–H and O–H groups in total. The molecule has 1 heterocycles. The summed E-state index contributed by atoms with van der Waals surface area (Å²) in [5.74, 6) is -0.211. The number of aryl methyl sites for hydroxylation is 1. The molecule has 3 rings (SSSR count). The Morgan fingerprint density at radius 1 is 0.842 bits per heavy atom. The second-order valence-electron chi connectivity index (χ2n) is 4.61. The maximum absolute atomic E-state index is 13.0. The van der Waals surface area contributed by atoms with Crippen LogP contribution in [0.25, 0.3) is 16.9 Å². The van der Waals surface area contributed by atoms with E-state index in [-0.39, 0.29) is 5.82 Å². The van der Waals surface area contributed by atoms with Crippen molar-refractivity contribution in [3.05, 3.63) is 78.2 Å². The van der Waals surface area contributed by atoms with E-state index < -0.39 is 0 Å². The summed E-state index contributed by atoms with van der Waals surface area (Å²) in [6.07, 6.45) is 2.02.